The van der Waals surface area contributed by atoms with Crippen molar-refractivity contribution in [1.82, 2.24) is 15.0 Å². The summed E-state index contributed by atoms with van der Waals surface area (Å²) in [5.41, 5.74) is 12.0. The minimum Gasteiger partial charge on any atom is -0.246 e. The lowest BCUT2D eigenvalue weighted by Crippen LogP contribution is -1.98. The van der Waals surface area contributed by atoms with Crippen LogP contribution in [0.1, 0.15) is 17.8 Å². The SMILES string of the molecule is C1=CC(c2nc(-c3ccccc3)cc(-c3ccccc3)n2)=CCC(c2cccc(-c3c4ccccc4nc4c3sc3ccccc34)c2)=C1. The first-order valence-corrected chi connectivity index (χ1v) is 17.0. The molecule has 0 aliphatic heterocycles. The Labute approximate surface area is 282 Å². The molecule has 3 nitrogen and oxygen atoms in total. The van der Waals surface area contributed by atoms with Crippen LogP contribution < -0.4 is 0 Å². The molecule has 5 aromatic carbocycles. The lowest BCUT2D eigenvalue weighted by Gasteiger charge is -2.12. The molecule has 3 aromatic heterocycles. The predicted octanol–water partition coefficient (Wildman–Crippen LogP) is 11.8. The number of thiophene rings is 1. The van der Waals surface area contributed by atoms with Crippen LogP contribution in [0.4, 0.5) is 0 Å². The van der Waals surface area contributed by atoms with Gasteiger partial charge >= 0.3 is 0 Å². The third-order valence-electron chi connectivity index (χ3n) is 8.96. The average Bonchev–Trinajstić information content (AvgIpc) is 3.33. The van der Waals surface area contributed by atoms with Crippen LogP contribution in [0.5, 0.6) is 0 Å². The van der Waals surface area contributed by atoms with E-state index in [0.29, 0.717) is 0 Å². The Hall–Kier alpha value is -5.97. The standard InChI is InChI=1S/C44H29N3S/c1-3-13-30(14-4-1)38-28-39(31-15-5-2-6-16-31)47-44(46-38)32-18-11-17-29(25-26-32)33-19-12-20-34(27-33)41-35-21-7-9-23-37(35)45-42-36-22-8-10-24-40(36)48-43(41)42/h1-24,26-28H,25H2. The van der Waals surface area contributed by atoms with Crippen molar-refractivity contribution in [3.8, 4) is 33.6 Å². The van der Waals surface area contributed by atoms with Crippen LogP contribution in [0.3, 0.4) is 0 Å². The topological polar surface area (TPSA) is 38.7 Å². The monoisotopic (exact) mass is 631 g/mol. The Balaban J connectivity index is 1.11. The Morgan fingerprint density at radius 2 is 1.19 bits per heavy atom. The molecule has 0 fully saturated rings. The van der Waals surface area contributed by atoms with Gasteiger partial charge in [-0.05, 0) is 47.4 Å². The summed E-state index contributed by atoms with van der Waals surface area (Å²) in [5, 5.41) is 2.39. The van der Waals surface area contributed by atoms with E-state index < -0.39 is 0 Å². The van der Waals surface area contributed by atoms with Gasteiger partial charge < -0.3 is 0 Å². The fourth-order valence-electron chi connectivity index (χ4n) is 6.59. The number of benzene rings is 5. The van der Waals surface area contributed by atoms with E-state index in [2.05, 4.69) is 152 Å². The molecule has 0 amide bonds. The molecule has 8 aromatic rings. The first-order valence-electron chi connectivity index (χ1n) is 16.2. The van der Waals surface area contributed by atoms with Gasteiger partial charge in [0.25, 0.3) is 0 Å². The number of nitrogens with zero attached hydrogens (tertiary/aromatic N) is 3. The number of hydrogen-bond acceptors (Lipinski definition) is 4. The van der Waals surface area contributed by atoms with Gasteiger partial charge in [-0.15, -0.1) is 11.3 Å². The van der Waals surface area contributed by atoms with E-state index in [9.17, 15) is 0 Å². The molecular formula is C44H29N3S. The van der Waals surface area contributed by atoms with Crippen LogP contribution >= 0.6 is 11.3 Å². The van der Waals surface area contributed by atoms with E-state index in [0.717, 1.165) is 51.4 Å². The molecule has 0 unspecified atom stereocenters. The summed E-state index contributed by atoms with van der Waals surface area (Å²) in [4.78, 5) is 15.3. The van der Waals surface area contributed by atoms with E-state index in [1.54, 1.807) is 0 Å². The number of hydrogen-bond donors (Lipinski definition) is 0. The maximum Gasteiger partial charge on any atom is 0.160 e. The molecule has 1 aliphatic carbocycles. The third-order valence-corrected chi connectivity index (χ3v) is 10.1. The van der Waals surface area contributed by atoms with Crippen molar-refractivity contribution < 1.29 is 0 Å². The summed E-state index contributed by atoms with van der Waals surface area (Å²) in [6.45, 7) is 0. The minimum absolute atomic E-state index is 0.727. The lowest BCUT2D eigenvalue weighted by atomic mass is 9.95. The highest BCUT2D eigenvalue weighted by molar-refractivity contribution is 7.26. The molecule has 0 bridgehead atoms. The molecule has 4 heteroatoms. The van der Waals surface area contributed by atoms with Crippen molar-refractivity contribution in [2.75, 3.05) is 0 Å². The maximum atomic E-state index is 5.13. The Bertz CT molecular complexity index is 2520. The quantitative estimate of drug-likeness (QED) is 0.190. The van der Waals surface area contributed by atoms with Gasteiger partial charge in [-0.1, -0.05) is 140 Å². The lowest BCUT2D eigenvalue weighted by molar-refractivity contribution is 1.13. The van der Waals surface area contributed by atoms with Gasteiger partial charge in [0.1, 0.15) is 0 Å². The first-order chi connectivity index (χ1) is 23.8. The van der Waals surface area contributed by atoms with Crippen LogP contribution in [-0.2, 0) is 0 Å². The van der Waals surface area contributed by atoms with Gasteiger partial charge in [0, 0.05) is 37.7 Å². The summed E-state index contributed by atoms with van der Waals surface area (Å²) in [6.07, 6.45) is 9.51. The van der Waals surface area contributed by atoms with Crippen LogP contribution in [-0.4, -0.2) is 15.0 Å². The van der Waals surface area contributed by atoms with E-state index in [1.165, 1.54) is 42.4 Å². The van der Waals surface area contributed by atoms with Crippen LogP contribution in [0.15, 0.2) is 164 Å². The van der Waals surface area contributed by atoms with Crippen molar-refractivity contribution >= 4 is 53.7 Å². The zero-order valence-electron chi connectivity index (χ0n) is 26.0. The van der Waals surface area contributed by atoms with E-state index >= 15 is 0 Å². The summed E-state index contributed by atoms with van der Waals surface area (Å²) >= 11 is 1.83. The number of fused-ring (bicyclic) bond motifs is 4. The molecule has 48 heavy (non-hydrogen) atoms. The highest BCUT2D eigenvalue weighted by Crippen LogP contribution is 2.43. The second kappa shape index (κ2) is 12.0. The molecular weight excluding hydrogens is 603 g/mol. The fourth-order valence-corrected chi connectivity index (χ4v) is 7.82. The summed E-state index contributed by atoms with van der Waals surface area (Å²) in [7, 11) is 0. The summed E-state index contributed by atoms with van der Waals surface area (Å²) in [5.74, 6) is 0.727. The zero-order valence-corrected chi connectivity index (χ0v) is 26.9. The molecule has 0 saturated heterocycles. The molecule has 9 rings (SSSR count). The fraction of sp³-hybridized carbons (Fsp3) is 0.0227. The van der Waals surface area contributed by atoms with Crippen molar-refractivity contribution in [1.29, 1.82) is 0 Å². The maximum absolute atomic E-state index is 5.13. The number of rotatable bonds is 5. The Morgan fingerprint density at radius 1 is 0.542 bits per heavy atom. The van der Waals surface area contributed by atoms with E-state index in [1.807, 2.05) is 23.5 Å². The average molecular weight is 632 g/mol. The molecule has 0 atom stereocenters. The zero-order chi connectivity index (χ0) is 31.9. The molecule has 0 spiro atoms. The molecule has 1 aliphatic rings. The first kappa shape index (κ1) is 28.3. The Morgan fingerprint density at radius 3 is 1.96 bits per heavy atom. The molecule has 3 heterocycles. The van der Waals surface area contributed by atoms with Crippen molar-refractivity contribution in [2.24, 2.45) is 0 Å². The van der Waals surface area contributed by atoms with E-state index in [4.69, 9.17) is 15.0 Å². The highest BCUT2D eigenvalue weighted by atomic mass is 32.1. The van der Waals surface area contributed by atoms with Gasteiger partial charge in [0.15, 0.2) is 5.82 Å². The number of pyridine rings is 1. The number of aromatic nitrogens is 3. The smallest absolute Gasteiger partial charge is 0.160 e. The van der Waals surface area contributed by atoms with Gasteiger partial charge in [-0.2, -0.15) is 0 Å². The summed E-state index contributed by atoms with van der Waals surface area (Å²) in [6, 6.07) is 48.8. The predicted molar refractivity (Wildman–Crippen MR) is 203 cm³/mol. The van der Waals surface area contributed by atoms with E-state index in [-0.39, 0.29) is 0 Å². The van der Waals surface area contributed by atoms with Crippen molar-refractivity contribution in [3.63, 3.8) is 0 Å². The number of para-hydroxylation sites is 1. The second-order valence-electron chi connectivity index (χ2n) is 12.0. The largest absolute Gasteiger partial charge is 0.246 e. The van der Waals surface area contributed by atoms with Crippen LogP contribution in [0.2, 0.25) is 0 Å². The van der Waals surface area contributed by atoms with Crippen molar-refractivity contribution in [2.45, 2.75) is 6.42 Å². The molecule has 0 radical (unpaired) electrons. The summed E-state index contributed by atoms with van der Waals surface area (Å²) < 4.78 is 2.49. The molecule has 0 N–H and O–H groups in total. The van der Waals surface area contributed by atoms with Gasteiger partial charge in [-0.25, -0.2) is 15.0 Å². The second-order valence-corrected chi connectivity index (χ2v) is 13.0. The normalized spacial score (nSPS) is 13.1. The van der Waals surface area contributed by atoms with Gasteiger partial charge in [0.05, 0.1) is 27.1 Å². The van der Waals surface area contributed by atoms with Crippen molar-refractivity contribution in [3.05, 3.63) is 175 Å². The van der Waals surface area contributed by atoms with Crippen LogP contribution in [0, 0.1) is 0 Å². The Kier molecular flexibility index (Phi) is 7.07. The van der Waals surface area contributed by atoms with Gasteiger partial charge in [-0.3, -0.25) is 0 Å². The molecule has 0 saturated carbocycles. The number of allylic oxidation sites excluding steroid dienone is 6. The third kappa shape index (κ3) is 5.13. The molecule has 226 valence electrons. The van der Waals surface area contributed by atoms with Crippen LogP contribution in [0.25, 0.3) is 76.0 Å². The highest BCUT2D eigenvalue weighted by Gasteiger charge is 2.17. The van der Waals surface area contributed by atoms with Gasteiger partial charge in [0.2, 0.25) is 0 Å². The minimum atomic E-state index is 0.727.